The Balaban J connectivity index is -0.0000000200. The average molecular weight is 121 g/mol. The van der Waals surface area contributed by atoms with Crippen LogP contribution < -0.4 is 12.4 Å². The van der Waals surface area contributed by atoms with E-state index in [4.69, 9.17) is 0 Å². The number of rotatable bonds is 0. The Morgan fingerprint density at radius 3 is 1.60 bits per heavy atom. The molecule has 26 valence electrons. The Hall–Kier alpha value is 1.09. The molecule has 0 rings (SSSR count). The molecule has 5 heavy (non-hydrogen) atoms. The summed E-state index contributed by atoms with van der Waals surface area (Å²) in [5, 5.41) is 0. The Kier molecular flexibility index (Phi) is 64.5. The molecule has 0 aromatic carbocycles. The molecular weight excluding hydrogens is 119 g/mol. The van der Waals surface area contributed by atoms with Crippen molar-refractivity contribution in [2.75, 3.05) is 0 Å². The Morgan fingerprint density at radius 1 is 1.60 bits per heavy atom. The zero-order valence-electron chi connectivity index (χ0n) is 2.62. The SMILES string of the molecule is [CH-]=CCl.[Cl-].[Mg+2]. The fourth-order valence-electron chi connectivity index (χ4n) is 0. The molecule has 0 heterocycles. The zero-order chi connectivity index (χ0) is 2.71. The van der Waals surface area contributed by atoms with E-state index in [0.29, 0.717) is 0 Å². The van der Waals surface area contributed by atoms with Crippen LogP contribution in [-0.4, -0.2) is 23.1 Å². The first-order valence-corrected chi connectivity index (χ1v) is 0.988. The summed E-state index contributed by atoms with van der Waals surface area (Å²) in [5.74, 6) is 0. The van der Waals surface area contributed by atoms with Crippen LogP contribution in [0.25, 0.3) is 0 Å². The Labute approximate surface area is 59.1 Å². The van der Waals surface area contributed by atoms with Crippen molar-refractivity contribution in [1.29, 1.82) is 0 Å². The molecule has 0 aromatic heterocycles. The largest absolute Gasteiger partial charge is 2.00 e. The molecule has 0 fully saturated rings. The van der Waals surface area contributed by atoms with Gasteiger partial charge < -0.3 is 19.0 Å². The van der Waals surface area contributed by atoms with Gasteiger partial charge in [0.25, 0.3) is 0 Å². The van der Waals surface area contributed by atoms with Gasteiger partial charge in [0.2, 0.25) is 0 Å². The summed E-state index contributed by atoms with van der Waals surface area (Å²) in [6, 6.07) is 0. The van der Waals surface area contributed by atoms with Gasteiger partial charge in [0.05, 0.1) is 0 Å². The van der Waals surface area contributed by atoms with Gasteiger partial charge in [-0.3, -0.25) is 0 Å². The maximum absolute atomic E-state index is 4.65. The maximum Gasteiger partial charge on any atom is 2.00 e. The molecule has 0 nitrogen and oxygen atoms in total. The van der Waals surface area contributed by atoms with Gasteiger partial charge in [0, 0.05) is 0 Å². The van der Waals surface area contributed by atoms with E-state index < -0.39 is 0 Å². The van der Waals surface area contributed by atoms with E-state index >= 15 is 0 Å². The molecular formula is C2H2Cl2Mg. The molecule has 0 atom stereocenters. The molecule has 0 aliphatic heterocycles. The summed E-state index contributed by atoms with van der Waals surface area (Å²) < 4.78 is 0. The normalized spacial score (nSPS) is 2.60. The van der Waals surface area contributed by atoms with Crippen molar-refractivity contribution in [2.45, 2.75) is 0 Å². The minimum Gasteiger partial charge on any atom is -1.00 e. The maximum atomic E-state index is 4.65. The molecule has 0 aliphatic rings. The van der Waals surface area contributed by atoms with E-state index in [2.05, 4.69) is 18.2 Å². The van der Waals surface area contributed by atoms with E-state index in [-0.39, 0.29) is 35.5 Å². The third-order valence-electron chi connectivity index (χ3n) is 0. The van der Waals surface area contributed by atoms with Crippen LogP contribution in [0, 0.1) is 6.58 Å². The number of hydrogen-bond acceptors (Lipinski definition) is 0. The van der Waals surface area contributed by atoms with Crippen molar-refractivity contribution in [1.82, 2.24) is 0 Å². The Bertz CT molecular complexity index is 15.1. The van der Waals surface area contributed by atoms with Crippen LogP contribution in [0.1, 0.15) is 0 Å². The zero-order valence-corrected chi connectivity index (χ0v) is 5.54. The fraction of sp³-hybridized carbons (Fsp3) is 0. The first kappa shape index (κ1) is 16.5. The minimum atomic E-state index is 0. The molecule has 0 saturated carbocycles. The van der Waals surface area contributed by atoms with Crippen molar-refractivity contribution < 1.29 is 12.4 Å². The molecule has 0 aromatic rings. The summed E-state index contributed by atoms with van der Waals surface area (Å²) in [6.45, 7) is 4.49. The van der Waals surface area contributed by atoms with Crippen molar-refractivity contribution in [2.24, 2.45) is 0 Å². The summed E-state index contributed by atoms with van der Waals surface area (Å²) in [5.41, 5.74) is 0.972. The van der Waals surface area contributed by atoms with Gasteiger partial charge in [0.1, 0.15) is 0 Å². The Morgan fingerprint density at radius 2 is 1.60 bits per heavy atom. The summed E-state index contributed by atoms with van der Waals surface area (Å²) in [6.07, 6.45) is 0. The van der Waals surface area contributed by atoms with Gasteiger partial charge in [-0.25, -0.2) is 0 Å². The molecule has 0 aliphatic carbocycles. The van der Waals surface area contributed by atoms with Gasteiger partial charge in [-0.2, -0.15) is 5.54 Å². The second-order valence-corrected chi connectivity index (χ2v) is 0.378. The molecule has 0 radical (unpaired) electrons. The van der Waals surface area contributed by atoms with Crippen LogP contribution in [-0.2, 0) is 0 Å². The van der Waals surface area contributed by atoms with Gasteiger partial charge in [0.15, 0.2) is 0 Å². The minimum absolute atomic E-state index is 0. The average Bonchev–Trinajstić information content (AvgIpc) is 0.918. The van der Waals surface area contributed by atoms with Crippen molar-refractivity contribution in [3.05, 3.63) is 12.1 Å². The van der Waals surface area contributed by atoms with Gasteiger partial charge in [-0.15, -0.1) is 11.6 Å². The topological polar surface area (TPSA) is 0 Å². The number of hydrogen-bond donors (Lipinski definition) is 0. The quantitative estimate of drug-likeness (QED) is 0.252. The van der Waals surface area contributed by atoms with E-state index in [1.165, 1.54) is 0 Å². The first-order chi connectivity index (χ1) is 1.41. The van der Waals surface area contributed by atoms with Crippen LogP contribution in [0.3, 0.4) is 0 Å². The van der Waals surface area contributed by atoms with E-state index in [1.54, 1.807) is 0 Å². The smallest absolute Gasteiger partial charge is 1.00 e. The standard InChI is InChI=1S/C2H2Cl.ClH.Mg/c1-2-3;;/h1-2H;1H;/q-1;;+2/p-1. The summed E-state index contributed by atoms with van der Waals surface area (Å²) in [4.78, 5) is 0. The second-order valence-electron chi connectivity index (χ2n) is 0.126. The van der Waals surface area contributed by atoms with Crippen LogP contribution in [0.2, 0.25) is 0 Å². The predicted molar refractivity (Wildman–Crippen MR) is 20.5 cm³/mol. The molecule has 0 bridgehead atoms. The van der Waals surface area contributed by atoms with E-state index in [0.717, 1.165) is 5.54 Å². The van der Waals surface area contributed by atoms with Crippen LogP contribution in [0.4, 0.5) is 0 Å². The van der Waals surface area contributed by atoms with Crippen molar-refractivity contribution >= 4 is 34.7 Å². The third-order valence-corrected chi connectivity index (χ3v) is 0. The fourth-order valence-corrected chi connectivity index (χ4v) is 0. The van der Waals surface area contributed by atoms with Gasteiger partial charge in [-0.1, -0.05) is 0 Å². The van der Waals surface area contributed by atoms with Gasteiger partial charge >= 0.3 is 23.1 Å². The number of halogens is 2. The first-order valence-electron chi connectivity index (χ1n) is 0.552. The van der Waals surface area contributed by atoms with Crippen LogP contribution in [0.5, 0.6) is 0 Å². The molecule has 0 N–H and O–H groups in total. The predicted octanol–water partition coefficient (Wildman–Crippen LogP) is -2.20. The monoisotopic (exact) mass is 120 g/mol. The summed E-state index contributed by atoms with van der Waals surface area (Å²) in [7, 11) is 0. The van der Waals surface area contributed by atoms with Crippen molar-refractivity contribution in [3.8, 4) is 0 Å². The van der Waals surface area contributed by atoms with E-state index in [9.17, 15) is 0 Å². The molecule has 0 spiro atoms. The van der Waals surface area contributed by atoms with Crippen LogP contribution >= 0.6 is 11.6 Å². The molecule has 0 amide bonds. The molecule has 0 saturated heterocycles. The van der Waals surface area contributed by atoms with Crippen molar-refractivity contribution in [3.63, 3.8) is 0 Å². The van der Waals surface area contributed by atoms with Gasteiger partial charge in [-0.05, 0) is 0 Å². The summed E-state index contributed by atoms with van der Waals surface area (Å²) >= 11 is 4.65. The molecule has 3 heteroatoms. The second kappa shape index (κ2) is 19.5. The van der Waals surface area contributed by atoms with Crippen LogP contribution in [0.15, 0.2) is 5.54 Å². The van der Waals surface area contributed by atoms with E-state index in [1.807, 2.05) is 0 Å². The molecule has 0 unspecified atom stereocenters. The third kappa shape index (κ3) is 41.1.